The van der Waals surface area contributed by atoms with Gasteiger partial charge in [0.15, 0.2) is 0 Å². The van der Waals surface area contributed by atoms with Gasteiger partial charge in [0.2, 0.25) is 5.91 Å². The molecule has 0 bridgehead atoms. The Kier molecular flexibility index (Phi) is 4.83. The van der Waals surface area contributed by atoms with Gasteiger partial charge in [-0.15, -0.1) is 0 Å². The number of hydrogen-bond acceptors (Lipinski definition) is 4. The highest BCUT2D eigenvalue weighted by Gasteiger charge is 2.27. The van der Waals surface area contributed by atoms with E-state index >= 15 is 0 Å². The van der Waals surface area contributed by atoms with Crippen molar-refractivity contribution in [3.05, 3.63) is 18.3 Å². The van der Waals surface area contributed by atoms with Gasteiger partial charge in [-0.25, -0.2) is 4.98 Å². The Hall–Kier alpha value is -1.62. The van der Waals surface area contributed by atoms with Crippen molar-refractivity contribution in [1.29, 1.82) is 0 Å². The molecule has 1 saturated heterocycles. The average Bonchev–Trinajstić information content (AvgIpc) is 2.47. The van der Waals surface area contributed by atoms with Crippen LogP contribution in [0, 0.1) is 5.41 Å². The van der Waals surface area contributed by atoms with E-state index in [-0.39, 0.29) is 11.3 Å². The number of piperidine rings is 1. The molecule has 1 aliphatic heterocycles. The number of amides is 1. The summed E-state index contributed by atoms with van der Waals surface area (Å²) in [5.74, 6) is 0.808. The van der Waals surface area contributed by atoms with Crippen LogP contribution in [0.4, 0.5) is 11.5 Å². The van der Waals surface area contributed by atoms with E-state index in [4.69, 9.17) is 5.73 Å². The van der Waals surface area contributed by atoms with E-state index in [1.165, 1.54) is 19.3 Å². The normalized spacial score (nSPS) is 17.4. The lowest BCUT2D eigenvalue weighted by Gasteiger charge is -2.28. The molecule has 21 heavy (non-hydrogen) atoms. The van der Waals surface area contributed by atoms with Crippen molar-refractivity contribution in [2.24, 2.45) is 11.1 Å². The minimum Gasteiger partial charge on any atom is -0.357 e. The Morgan fingerprint density at radius 3 is 2.48 bits per heavy atom. The van der Waals surface area contributed by atoms with E-state index in [0.717, 1.165) is 18.9 Å². The van der Waals surface area contributed by atoms with Crippen LogP contribution in [0.15, 0.2) is 18.3 Å². The predicted molar refractivity (Wildman–Crippen MR) is 86.4 cm³/mol. The van der Waals surface area contributed by atoms with Crippen LogP contribution in [0.2, 0.25) is 0 Å². The van der Waals surface area contributed by atoms with Crippen LogP contribution in [0.25, 0.3) is 0 Å². The Morgan fingerprint density at radius 1 is 1.29 bits per heavy atom. The van der Waals surface area contributed by atoms with E-state index in [1.54, 1.807) is 6.20 Å². The molecule has 2 heterocycles. The summed E-state index contributed by atoms with van der Waals surface area (Å²) in [4.78, 5) is 18.8. The molecule has 1 aromatic heterocycles. The molecule has 0 unspecified atom stereocenters. The number of pyridine rings is 1. The summed E-state index contributed by atoms with van der Waals surface area (Å²) in [5, 5.41) is 2.83. The Labute approximate surface area is 126 Å². The minimum absolute atomic E-state index is 0.171. The smallest absolute Gasteiger partial charge is 0.241 e. The van der Waals surface area contributed by atoms with E-state index in [9.17, 15) is 4.79 Å². The second-order valence-corrected chi connectivity index (χ2v) is 6.79. The van der Waals surface area contributed by atoms with Crippen molar-refractivity contribution in [2.75, 3.05) is 23.3 Å². The van der Waals surface area contributed by atoms with Crippen molar-refractivity contribution in [1.82, 2.24) is 4.98 Å². The fourth-order valence-electron chi connectivity index (χ4n) is 2.38. The first-order valence-corrected chi connectivity index (χ1v) is 7.65. The Bertz CT molecular complexity index is 472. The number of carbonyl (C=O) groups is 1. The summed E-state index contributed by atoms with van der Waals surface area (Å²) >= 11 is 0. The van der Waals surface area contributed by atoms with Crippen LogP contribution in [-0.4, -0.2) is 30.0 Å². The van der Waals surface area contributed by atoms with E-state index in [0.29, 0.717) is 5.69 Å². The number of nitrogens with one attached hydrogen (secondary N) is 1. The van der Waals surface area contributed by atoms with Crippen molar-refractivity contribution in [2.45, 2.75) is 46.1 Å². The number of carbonyl (C=O) groups excluding carboxylic acids is 1. The third-order valence-corrected chi connectivity index (χ3v) is 3.91. The van der Waals surface area contributed by atoms with E-state index in [2.05, 4.69) is 15.2 Å². The molecule has 5 heteroatoms. The maximum Gasteiger partial charge on any atom is 0.241 e. The molecule has 1 aromatic rings. The first-order valence-electron chi connectivity index (χ1n) is 7.65. The third kappa shape index (κ3) is 4.17. The van der Waals surface area contributed by atoms with Gasteiger partial charge < -0.3 is 16.0 Å². The number of nitrogens with two attached hydrogens (primary N) is 1. The first-order chi connectivity index (χ1) is 9.88. The van der Waals surface area contributed by atoms with E-state index < -0.39 is 6.04 Å². The van der Waals surface area contributed by atoms with Crippen LogP contribution in [0.1, 0.15) is 40.0 Å². The Balaban J connectivity index is 1.97. The van der Waals surface area contributed by atoms with Gasteiger partial charge in [-0.3, -0.25) is 4.79 Å². The number of rotatable bonds is 3. The van der Waals surface area contributed by atoms with Crippen molar-refractivity contribution in [3.63, 3.8) is 0 Å². The van der Waals surface area contributed by atoms with E-state index in [1.807, 2.05) is 32.9 Å². The number of aromatic nitrogens is 1. The van der Waals surface area contributed by atoms with Gasteiger partial charge in [0.1, 0.15) is 5.82 Å². The van der Waals surface area contributed by atoms with Crippen molar-refractivity contribution >= 4 is 17.4 Å². The molecule has 0 saturated carbocycles. The van der Waals surface area contributed by atoms with Crippen LogP contribution < -0.4 is 16.0 Å². The van der Waals surface area contributed by atoms with Crippen molar-refractivity contribution in [3.8, 4) is 0 Å². The maximum atomic E-state index is 12.1. The molecule has 0 spiro atoms. The second kappa shape index (κ2) is 6.43. The summed E-state index contributed by atoms with van der Waals surface area (Å²) in [6, 6.07) is 3.31. The van der Waals surface area contributed by atoms with Crippen LogP contribution >= 0.6 is 0 Å². The molecule has 2 rings (SSSR count). The zero-order valence-electron chi connectivity index (χ0n) is 13.2. The standard InChI is InChI=1S/C16H26N4O/c1-16(2,3)14(17)15(21)19-12-7-8-13(18-11-12)20-9-5-4-6-10-20/h7-8,11,14H,4-6,9-10,17H2,1-3H3,(H,19,21)/t14-/m1/s1. The topological polar surface area (TPSA) is 71.2 Å². The van der Waals surface area contributed by atoms with Gasteiger partial charge in [0.05, 0.1) is 17.9 Å². The van der Waals surface area contributed by atoms with Gasteiger partial charge in [0.25, 0.3) is 0 Å². The number of hydrogen-bond donors (Lipinski definition) is 2. The molecular weight excluding hydrogens is 264 g/mol. The van der Waals surface area contributed by atoms with Crippen molar-refractivity contribution < 1.29 is 4.79 Å². The second-order valence-electron chi connectivity index (χ2n) is 6.79. The summed E-state index contributed by atoms with van der Waals surface area (Å²) in [6.07, 6.45) is 5.45. The lowest BCUT2D eigenvalue weighted by molar-refractivity contribution is -0.119. The third-order valence-electron chi connectivity index (χ3n) is 3.91. The molecule has 0 aliphatic carbocycles. The summed E-state index contributed by atoms with van der Waals surface area (Å²) in [7, 11) is 0. The quantitative estimate of drug-likeness (QED) is 0.896. The lowest BCUT2D eigenvalue weighted by atomic mass is 9.87. The van der Waals surface area contributed by atoms with Gasteiger partial charge >= 0.3 is 0 Å². The summed E-state index contributed by atoms with van der Waals surface area (Å²) < 4.78 is 0. The summed E-state index contributed by atoms with van der Waals surface area (Å²) in [6.45, 7) is 7.99. The van der Waals surface area contributed by atoms with Gasteiger partial charge in [0, 0.05) is 13.1 Å². The predicted octanol–water partition coefficient (Wildman–Crippen LogP) is 2.38. The highest BCUT2D eigenvalue weighted by atomic mass is 16.2. The Morgan fingerprint density at radius 2 is 1.95 bits per heavy atom. The highest BCUT2D eigenvalue weighted by molar-refractivity contribution is 5.95. The largest absolute Gasteiger partial charge is 0.357 e. The zero-order chi connectivity index (χ0) is 15.5. The van der Waals surface area contributed by atoms with Gasteiger partial charge in [-0.05, 0) is 36.8 Å². The zero-order valence-corrected chi connectivity index (χ0v) is 13.2. The monoisotopic (exact) mass is 290 g/mol. The molecule has 5 nitrogen and oxygen atoms in total. The highest BCUT2D eigenvalue weighted by Crippen LogP contribution is 2.21. The van der Waals surface area contributed by atoms with Crippen LogP contribution in [0.5, 0.6) is 0 Å². The average molecular weight is 290 g/mol. The lowest BCUT2D eigenvalue weighted by Crippen LogP contribution is -2.45. The molecular formula is C16H26N4O. The fourth-order valence-corrected chi connectivity index (χ4v) is 2.38. The molecule has 3 N–H and O–H groups in total. The molecule has 116 valence electrons. The number of anilines is 2. The maximum absolute atomic E-state index is 12.1. The SMILES string of the molecule is CC(C)(C)[C@H](N)C(=O)Nc1ccc(N2CCCCC2)nc1. The number of nitrogens with zero attached hydrogens (tertiary/aromatic N) is 2. The molecule has 1 aliphatic rings. The summed E-state index contributed by atoms with van der Waals surface area (Å²) in [5.41, 5.74) is 6.38. The molecule has 0 aromatic carbocycles. The van der Waals surface area contributed by atoms with Crippen LogP contribution in [0.3, 0.4) is 0 Å². The van der Waals surface area contributed by atoms with Gasteiger partial charge in [-0.1, -0.05) is 20.8 Å². The van der Waals surface area contributed by atoms with Gasteiger partial charge in [-0.2, -0.15) is 0 Å². The molecule has 0 radical (unpaired) electrons. The fraction of sp³-hybridized carbons (Fsp3) is 0.625. The first kappa shape index (κ1) is 15.8. The molecule has 1 amide bonds. The molecule has 1 fully saturated rings. The minimum atomic E-state index is -0.542. The van der Waals surface area contributed by atoms with Crippen LogP contribution in [-0.2, 0) is 4.79 Å². The molecule has 1 atom stereocenters.